The molecule has 28 heavy (non-hydrogen) atoms. The third-order valence-electron chi connectivity index (χ3n) is 7.25. The van der Waals surface area contributed by atoms with Crippen LogP contribution in [0, 0.1) is 23.7 Å². The van der Waals surface area contributed by atoms with Crippen molar-refractivity contribution in [2.75, 3.05) is 11.9 Å². The van der Waals surface area contributed by atoms with E-state index < -0.39 is 41.5 Å². The fraction of sp³-hybridized carbons (Fsp3) is 1.00. The minimum absolute atomic E-state index is 0.0109. The SMILES string of the molecule is C[C@@H]1CC[C@H]2[C@@H](C)[C@](OCCCBr)(C(F)(F)F)O[C@@H]3O[C@]4(C)CCC1[C@]32OO4. The second kappa shape index (κ2) is 7.05. The third-order valence-corrected chi connectivity index (χ3v) is 7.81. The molecule has 0 amide bonds. The van der Waals surface area contributed by atoms with Gasteiger partial charge >= 0.3 is 6.18 Å². The summed E-state index contributed by atoms with van der Waals surface area (Å²) in [6.45, 7) is 5.32. The Hall–Kier alpha value is 0.0700. The van der Waals surface area contributed by atoms with Crippen LogP contribution in [-0.4, -0.2) is 41.6 Å². The highest BCUT2D eigenvalue weighted by Crippen LogP contribution is 2.64. The van der Waals surface area contributed by atoms with E-state index in [2.05, 4.69) is 22.9 Å². The van der Waals surface area contributed by atoms with Crippen LogP contribution in [0.15, 0.2) is 0 Å². The maximum atomic E-state index is 14.4. The number of ether oxygens (including phenoxy) is 3. The zero-order valence-electron chi connectivity index (χ0n) is 16.4. The lowest BCUT2D eigenvalue weighted by Gasteiger charge is -2.62. The van der Waals surface area contributed by atoms with E-state index in [0.29, 0.717) is 24.6 Å². The molecule has 0 aromatic rings. The summed E-state index contributed by atoms with van der Waals surface area (Å²) in [5.41, 5.74) is -1.04. The van der Waals surface area contributed by atoms with E-state index in [1.54, 1.807) is 13.8 Å². The summed E-state index contributed by atoms with van der Waals surface area (Å²) in [5, 5.41) is 0.553. The third kappa shape index (κ3) is 2.91. The van der Waals surface area contributed by atoms with Gasteiger partial charge in [0.25, 0.3) is 5.79 Å². The Kier molecular flexibility index (Phi) is 5.37. The number of alkyl halides is 4. The van der Waals surface area contributed by atoms with Gasteiger partial charge in [0.05, 0.1) is 6.61 Å². The Bertz CT molecular complexity index is 607. The molecule has 5 nitrogen and oxygen atoms in total. The van der Waals surface area contributed by atoms with Gasteiger partial charge in [-0.2, -0.15) is 13.2 Å². The highest BCUT2D eigenvalue weighted by molar-refractivity contribution is 9.09. The molecule has 8 atom stereocenters. The summed E-state index contributed by atoms with van der Waals surface area (Å²) in [6.07, 6.45) is -2.70. The van der Waals surface area contributed by atoms with Crippen LogP contribution >= 0.6 is 15.9 Å². The zero-order chi connectivity index (χ0) is 20.4. The summed E-state index contributed by atoms with van der Waals surface area (Å²) in [7, 11) is 0. The van der Waals surface area contributed by atoms with Gasteiger partial charge in [-0.25, -0.2) is 9.78 Å². The molecule has 0 aromatic heterocycles. The first-order valence-corrected chi connectivity index (χ1v) is 11.2. The molecule has 5 aliphatic rings. The molecule has 1 spiro atoms. The maximum absolute atomic E-state index is 14.4. The molecule has 0 aromatic carbocycles. The number of rotatable bonds is 4. The van der Waals surface area contributed by atoms with Crippen molar-refractivity contribution >= 4 is 15.9 Å². The van der Waals surface area contributed by atoms with Gasteiger partial charge in [-0.3, -0.25) is 0 Å². The molecule has 5 rings (SSSR count). The van der Waals surface area contributed by atoms with Gasteiger partial charge in [0, 0.05) is 23.6 Å². The van der Waals surface area contributed by atoms with E-state index in [9.17, 15) is 13.2 Å². The van der Waals surface area contributed by atoms with Crippen LogP contribution in [0.1, 0.15) is 52.9 Å². The molecule has 0 N–H and O–H groups in total. The molecule has 0 radical (unpaired) electrons. The van der Waals surface area contributed by atoms with Gasteiger partial charge in [-0.1, -0.05) is 29.8 Å². The molecule has 1 aliphatic carbocycles. The molecule has 9 heteroatoms. The van der Waals surface area contributed by atoms with E-state index in [-0.39, 0.29) is 18.4 Å². The van der Waals surface area contributed by atoms with E-state index in [0.717, 1.165) is 12.8 Å². The summed E-state index contributed by atoms with van der Waals surface area (Å²) < 4.78 is 60.4. The molecular formula is C19H28BrF3O5. The molecular weight excluding hydrogens is 445 g/mol. The van der Waals surface area contributed by atoms with E-state index in [1.807, 2.05) is 0 Å². The lowest BCUT2D eigenvalue weighted by Crippen LogP contribution is -2.76. The van der Waals surface area contributed by atoms with Crippen molar-refractivity contribution in [3.05, 3.63) is 0 Å². The van der Waals surface area contributed by atoms with Gasteiger partial charge in [-0.15, -0.1) is 0 Å². The van der Waals surface area contributed by atoms with E-state index >= 15 is 0 Å². The number of hydrogen-bond acceptors (Lipinski definition) is 5. The lowest BCUT2D eigenvalue weighted by atomic mass is 9.57. The van der Waals surface area contributed by atoms with Crippen LogP contribution in [0.2, 0.25) is 0 Å². The quantitative estimate of drug-likeness (QED) is 0.329. The average molecular weight is 473 g/mol. The van der Waals surface area contributed by atoms with Crippen molar-refractivity contribution in [1.29, 1.82) is 0 Å². The van der Waals surface area contributed by atoms with Crippen LogP contribution < -0.4 is 0 Å². The molecule has 1 unspecified atom stereocenters. The zero-order valence-corrected chi connectivity index (χ0v) is 18.0. The second-order valence-electron chi connectivity index (χ2n) is 8.87. The Balaban J connectivity index is 1.78. The first kappa shape index (κ1) is 21.3. The summed E-state index contributed by atoms with van der Waals surface area (Å²) >= 11 is 3.24. The second-order valence-corrected chi connectivity index (χ2v) is 9.67. The molecule has 4 saturated heterocycles. The number of hydrogen-bond donors (Lipinski definition) is 0. The van der Waals surface area contributed by atoms with Crippen molar-refractivity contribution in [2.24, 2.45) is 23.7 Å². The highest BCUT2D eigenvalue weighted by Gasteiger charge is 2.77. The molecule has 1 saturated carbocycles. The Labute approximate surface area is 171 Å². The van der Waals surface area contributed by atoms with Crippen LogP contribution in [0.5, 0.6) is 0 Å². The van der Waals surface area contributed by atoms with E-state index in [4.69, 9.17) is 24.0 Å². The predicted octanol–water partition coefficient (Wildman–Crippen LogP) is 4.93. The summed E-state index contributed by atoms with van der Waals surface area (Å²) in [4.78, 5) is 11.6. The molecule has 4 heterocycles. The number of fused-ring (bicyclic) bond motifs is 2. The average Bonchev–Trinajstić information content (AvgIpc) is 2.84. The van der Waals surface area contributed by atoms with Gasteiger partial charge in [0.1, 0.15) is 0 Å². The van der Waals surface area contributed by atoms with Crippen molar-refractivity contribution in [3.63, 3.8) is 0 Å². The lowest BCUT2D eigenvalue weighted by molar-refractivity contribution is -0.598. The van der Waals surface area contributed by atoms with Crippen LogP contribution in [-0.2, 0) is 24.0 Å². The Morgan fingerprint density at radius 1 is 1.07 bits per heavy atom. The maximum Gasteiger partial charge on any atom is 0.443 e. The van der Waals surface area contributed by atoms with Gasteiger partial charge in [0.15, 0.2) is 11.9 Å². The molecule has 2 bridgehead atoms. The highest BCUT2D eigenvalue weighted by atomic mass is 79.9. The topological polar surface area (TPSA) is 46.2 Å². The molecule has 4 aliphatic heterocycles. The minimum Gasteiger partial charge on any atom is -0.342 e. The molecule has 5 fully saturated rings. The normalized spacial score (nSPS) is 50.9. The minimum atomic E-state index is -4.70. The first-order chi connectivity index (χ1) is 13.1. The van der Waals surface area contributed by atoms with Crippen molar-refractivity contribution in [1.82, 2.24) is 0 Å². The van der Waals surface area contributed by atoms with Crippen LogP contribution in [0.25, 0.3) is 0 Å². The van der Waals surface area contributed by atoms with Gasteiger partial charge in [0.2, 0.25) is 5.79 Å². The monoisotopic (exact) mass is 472 g/mol. The van der Waals surface area contributed by atoms with Crippen LogP contribution in [0.3, 0.4) is 0 Å². The van der Waals surface area contributed by atoms with Crippen molar-refractivity contribution in [2.45, 2.75) is 82.5 Å². The fourth-order valence-corrected chi connectivity index (χ4v) is 6.00. The molecule has 162 valence electrons. The van der Waals surface area contributed by atoms with Gasteiger partial charge in [-0.05, 0) is 44.4 Å². The number of halogens is 4. The van der Waals surface area contributed by atoms with E-state index in [1.165, 1.54) is 0 Å². The first-order valence-electron chi connectivity index (χ1n) is 10.1. The standard InChI is InChI=1S/C19H28BrF3O5/c1-11-5-6-14-12(2)18(19(21,22)23,24-10-4-9-20)26-15-17(14)13(11)7-8-16(3,25-15)27-28-17/h11-15H,4-10H2,1-3H3/t11-,12-,13?,14+,15+,16+,17-,18-/m1/s1. The Morgan fingerprint density at radius 3 is 2.50 bits per heavy atom. The van der Waals surface area contributed by atoms with Crippen molar-refractivity contribution < 1.29 is 37.2 Å². The predicted molar refractivity (Wildman–Crippen MR) is 96.2 cm³/mol. The fourth-order valence-electron chi connectivity index (χ4n) is 5.77. The van der Waals surface area contributed by atoms with Crippen molar-refractivity contribution in [3.8, 4) is 0 Å². The van der Waals surface area contributed by atoms with Gasteiger partial charge < -0.3 is 14.2 Å². The van der Waals surface area contributed by atoms with Crippen LogP contribution in [0.4, 0.5) is 13.2 Å². The Morgan fingerprint density at radius 2 is 1.82 bits per heavy atom. The largest absolute Gasteiger partial charge is 0.443 e. The summed E-state index contributed by atoms with van der Waals surface area (Å²) in [6, 6.07) is 0. The smallest absolute Gasteiger partial charge is 0.342 e. The summed E-state index contributed by atoms with van der Waals surface area (Å²) in [5.74, 6) is -4.94.